The summed E-state index contributed by atoms with van der Waals surface area (Å²) in [5, 5.41) is 8.33. The van der Waals surface area contributed by atoms with E-state index in [9.17, 15) is 0 Å². The molecular weight excluding hydrogens is 226 g/mol. The minimum Gasteiger partial charge on any atom is -0.495 e. The fourth-order valence-electron chi connectivity index (χ4n) is 1.32. The monoisotopic (exact) mass is 235 g/mol. The van der Waals surface area contributed by atoms with Crippen molar-refractivity contribution in [3.63, 3.8) is 0 Å². The number of benzene rings is 1. The van der Waals surface area contributed by atoms with Gasteiger partial charge in [0.15, 0.2) is 0 Å². The van der Waals surface area contributed by atoms with Gasteiger partial charge >= 0.3 is 0 Å². The number of rotatable bonds is 2. The van der Waals surface area contributed by atoms with Crippen LogP contribution in [-0.4, -0.2) is 17.3 Å². The van der Waals surface area contributed by atoms with Gasteiger partial charge in [0.1, 0.15) is 11.6 Å². The lowest BCUT2D eigenvalue weighted by molar-refractivity contribution is 0.415. The lowest BCUT2D eigenvalue weighted by Gasteiger charge is -2.05. The molecule has 82 valence electrons. The number of nitrogens with two attached hydrogens (primary N) is 1. The molecule has 4 nitrogen and oxygen atoms in total. The summed E-state index contributed by atoms with van der Waals surface area (Å²) < 4.78 is 5.13. The first kappa shape index (κ1) is 10.7. The van der Waals surface area contributed by atoms with E-state index in [-0.39, 0.29) is 0 Å². The van der Waals surface area contributed by atoms with Gasteiger partial charge in [-0.2, -0.15) is 0 Å². The fourth-order valence-corrected chi connectivity index (χ4v) is 1.51. The SMILES string of the molecule is COc1cc(-c2ccc(N)nn2)ccc1Cl. The van der Waals surface area contributed by atoms with Crippen molar-refractivity contribution in [2.24, 2.45) is 0 Å². The summed E-state index contributed by atoms with van der Waals surface area (Å²) in [6.45, 7) is 0. The van der Waals surface area contributed by atoms with Crippen molar-refractivity contribution in [1.82, 2.24) is 10.2 Å². The standard InChI is InChI=1S/C11H10ClN3O/c1-16-10-6-7(2-3-8(10)12)9-4-5-11(13)15-14-9/h2-6H,1H3,(H2,13,15). The number of aromatic nitrogens is 2. The summed E-state index contributed by atoms with van der Waals surface area (Å²) in [7, 11) is 1.57. The molecule has 2 rings (SSSR count). The molecule has 0 aliphatic heterocycles. The summed E-state index contributed by atoms with van der Waals surface area (Å²) in [5.74, 6) is 1.00. The smallest absolute Gasteiger partial charge is 0.146 e. The average molecular weight is 236 g/mol. The molecule has 0 spiro atoms. The predicted molar refractivity (Wildman–Crippen MR) is 63.4 cm³/mol. The van der Waals surface area contributed by atoms with Crippen molar-refractivity contribution in [2.75, 3.05) is 12.8 Å². The number of anilines is 1. The Hall–Kier alpha value is -1.81. The summed E-state index contributed by atoms with van der Waals surface area (Å²) in [6, 6.07) is 8.91. The maximum atomic E-state index is 5.93. The second-order valence-electron chi connectivity index (χ2n) is 3.19. The van der Waals surface area contributed by atoms with Crippen molar-refractivity contribution in [2.45, 2.75) is 0 Å². The largest absolute Gasteiger partial charge is 0.495 e. The van der Waals surface area contributed by atoms with Crippen LogP contribution in [-0.2, 0) is 0 Å². The van der Waals surface area contributed by atoms with E-state index in [2.05, 4.69) is 10.2 Å². The molecule has 0 aliphatic rings. The number of halogens is 1. The molecule has 1 aromatic carbocycles. The number of nitrogens with zero attached hydrogens (tertiary/aromatic N) is 2. The van der Waals surface area contributed by atoms with E-state index in [0.717, 1.165) is 11.3 Å². The zero-order valence-electron chi connectivity index (χ0n) is 8.64. The van der Waals surface area contributed by atoms with Gasteiger partial charge < -0.3 is 10.5 Å². The fraction of sp³-hybridized carbons (Fsp3) is 0.0909. The van der Waals surface area contributed by atoms with Crippen molar-refractivity contribution in [3.05, 3.63) is 35.4 Å². The summed E-state index contributed by atoms with van der Waals surface area (Å²) >= 11 is 5.93. The highest BCUT2D eigenvalue weighted by Crippen LogP contribution is 2.29. The van der Waals surface area contributed by atoms with Crippen molar-refractivity contribution in [1.29, 1.82) is 0 Å². The number of hydrogen-bond donors (Lipinski definition) is 1. The molecule has 0 saturated carbocycles. The number of hydrogen-bond acceptors (Lipinski definition) is 4. The van der Waals surface area contributed by atoms with E-state index < -0.39 is 0 Å². The van der Waals surface area contributed by atoms with Gasteiger partial charge in [0, 0.05) is 5.56 Å². The number of nitrogen functional groups attached to an aromatic ring is 1. The topological polar surface area (TPSA) is 61.0 Å². The van der Waals surface area contributed by atoms with Crippen LogP contribution in [0.15, 0.2) is 30.3 Å². The van der Waals surface area contributed by atoms with Gasteiger partial charge in [-0.3, -0.25) is 0 Å². The van der Waals surface area contributed by atoms with Crippen LogP contribution in [0.1, 0.15) is 0 Å². The normalized spacial score (nSPS) is 10.1. The lowest BCUT2D eigenvalue weighted by atomic mass is 10.1. The zero-order chi connectivity index (χ0) is 11.5. The van der Waals surface area contributed by atoms with Gasteiger partial charge in [0.05, 0.1) is 17.8 Å². The van der Waals surface area contributed by atoms with Gasteiger partial charge in [-0.25, -0.2) is 0 Å². The molecule has 5 heteroatoms. The summed E-state index contributed by atoms with van der Waals surface area (Å²) in [5.41, 5.74) is 7.07. The van der Waals surface area contributed by atoms with Crippen LogP contribution >= 0.6 is 11.6 Å². The second kappa shape index (κ2) is 4.37. The van der Waals surface area contributed by atoms with Gasteiger partial charge in [-0.1, -0.05) is 17.7 Å². The molecule has 0 aliphatic carbocycles. The Bertz CT molecular complexity index is 499. The number of ether oxygens (including phenoxy) is 1. The number of methoxy groups -OCH3 is 1. The quantitative estimate of drug-likeness (QED) is 0.868. The molecule has 0 bridgehead atoms. The Kier molecular flexibility index (Phi) is 2.92. The highest BCUT2D eigenvalue weighted by molar-refractivity contribution is 6.32. The van der Waals surface area contributed by atoms with Crippen LogP contribution < -0.4 is 10.5 Å². The Balaban J connectivity index is 2.44. The van der Waals surface area contributed by atoms with Gasteiger partial charge in [-0.05, 0) is 24.3 Å². The van der Waals surface area contributed by atoms with Crippen LogP contribution in [0.3, 0.4) is 0 Å². The minimum absolute atomic E-state index is 0.393. The summed E-state index contributed by atoms with van der Waals surface area (Å²) in [6.07, 6.45) is 0. The molecule has 0 atom stereocenters. The maximum absolute atomic E-state index is 5.93. The Morgan fingerprint density at radius 2 is 2.00 bits per heavy atom. The first-order valence-corrected chi connectivity index (χ1v) is 5.01. The lowest BCUT2D eigenvalue weighted by Crippen LogP contribution is -1.94. The molecular formula is C11H10ClN3O. The molecule has 0 fully saturated rings. The van der Waals surface area contributed by atoms with Crippen LogP contribution in [0.25, 0.3) is 11.3 Å². The van der Waals surface area contributed by atoms with Crippen LogP contribution in [0.2, 0.25) is 5.02 Å². The van der Waals surface area contributed by atoms with E-state index in [1.54, 1.807) is 25.3 Å². The highest BCUT2D eigenvalue weighted by Gasteiger charge is 2.05. The van der Waals surface area contributed by atoms with Gasteiger partial charge in [0.25, 0.3) is 0 Å². The van der Waals surface area contributed by atoms with Gasteiger partial charge in [0.2, 0.25) is 0 Å². The van der Waals surface area contributed by atoms with Crippen molar-refractivity contribution >= 4 is 17.4 Å². The third kappa shape index (κ3) is 2.06. The maximum Gasteiger partial charge on any atom is 0.146 e. The third-order valence-electron chi connectivity index (χ3n) is 2.13. The molecule has 2 aromatic rings. The van der Waals surface area contributed by atoms with Crippen LogP contribution in [0, 0.1) is 0 Å². The Morgan fingerprint density at radius 1 is 1.19 bits per heavy atom. The first-order chi connectivity index (χ1) is 7.70. The minimum atomic E-state index is 0.393. The average Bonchev–Trinajstić information content (AvgIpc) is 2.31. The molecule has 0 radical (unpaired) electrons. The van der Waals surface area contributed by atoms with E-state index in [1.165, 1.54) is 0 Å². The van der Waals surface area contributed by atoms with Gasteiger partial charge in [-0.15, -0.1) is 10.2 Å². The molecule has 2 N–H and O–H groups in total. The highest BCUT2D eigenvalue weighted by atomic mass is 35.5. The summed E-state index contributed by atoms with van der Waals surface area (Å²) in [4.78, 5) is 0. The van der Waals surface area contributed by atoms with E-state index >= 15 is 0 Å². The second-order valence-corrected chi connectivity index (χ2v) is 3.60. The third-order valence-corrected chi connectivity index (χ3v) is 2.44. The van der Waals surface area contributed by atoms with E-state index in [1.807, 2.05) is 12.1 Å². The molecule has 0 amide bonds. The predicted octanol–water partition coefficient (Wildman–Crippen LogP) is 2.39. The zero-order valence-corrected chi connectivity index (χ0v) is 9.40. The molecule has 0 unspecified atom stereocenters. The van der Waals surface area contributed by atoms with E-state index in [4.69, 9.17) is 22.1 Å². The molecule has 0 saturated heterocycles. The molecule has 1 aromatic heterocycles. The van der Waals surface area contributed by atoms with Crippen LogP contribution in [0.5, 0.6) is 5.75 Å². The molecule has 1 heterocycles. The Morgan fingerprint density at radius 3 is 2.62 bits per heavy atom. The molecule has 16 heavy (non-hydrogen) atoms. The van der Waals surface area contributed by atoms with Crippen molar-refractivity contribution in [3.8, 4) is 17.0 Å². The first-order valence-electron chi connectivity index (χ1n) is 4.64. The van der Waals surface area contributed by atoms with E-state index in [0.29, 0.717) is 16.6 Å². The van der Waals surface area contributed by atoms with Crippen molar-refractivity contribution < 1.29 is 4.74 Å². The van der Waals surface area contributed by atoms with Crippen LogP contribution in [0.4, 0.5) is 5.82 Å². The Labute approximate surface area is 98.0 Å².